The van der Waals surface area contributed by atoms with Crippen LogP contribution in [-0.4, -0.2) is 27.3 Å². The van der Waals surface area contributed by atoms with E-state index < -0.39 is 0 Å². The fourth-order valence-electron chi connectivity index (χ4n) is 3.34. The molecule has 0 bridgehead atoms. The summed E-state index contributed by atoms with van der Waals surface area (Å²) in [5, 5.41) is 1.10. The van der Waals surface area contributed by atoms with Gasteiger partial charge >= 0.3 is 0 Å². The number of fused-ring (bicyclic) bond motifs is 1. The highest BCUT2D eigenvalue weighted by molar-refractivity contribution is 6.35. The first kappa shape index (κ1) is 17.1. The van der Waals surface area contributed by atoms with Gasteiger partial charge < -0.3 is 9.88 Å². The van der Waals surface area contributed by atoms with Gasteiger partial charge in [0.1, 0.15) is 5.82 Å². The standard InChI is InChI=1S/C20H17Cl2N3O/c21-14-9-7-13(15(22)12-14)8-10-19(26)25-11-3-6-18(25)20-23-16-4-1-2-5-17(16)24-20/h1-2,4-5,7-10,12,18H,3,6,11H2,(H,23,24)/b10-8+. The van der Waals surface area contributed by atoms with E-state index in [9.17, 15) is 4.79 Å². The molecule has 1 aliphatic heterocycles. The lowest BCUT2D eigenvalue weighted by atomic mass is 10.2. The summed E-state index contributed by atoms with van der Waals surface area (Å²) in [7, 11) is 0. The van der Waals surface area contributed by atoms with E-state index in [-0.39, 0.29) is 11.9 Å². The van der Waals surface area contributed by atoms with E-state index in [4.69, 9.17) is 23.2 Å². The Bertz CT molecular complexity index is 963. The second-order valence-corrected chi connectivity index (χ2v) is 7.17. The highest BCUT2D eigenvalue weighted by Gasteiger charge is 2.31. The Hall–Kier alpha value is -2.30. The number of hydrogen-bond acceptors (Lipinski definition) is 2. The molecule has 1 aliphatic rings. The molecule has 0 radical (unpaired) electrons. The van der Waals surface area contributed by atoms with E-state index in [1.165, 1.54) is 0 Å². The largest absolute Gasteiger partial charge is 0.340 e. The number of imidazole rings is 1. The summed E-state index contributed by atoms with van der Waals surface area (Å²) in [5.41, 5.74) is 2.68. The lowest BCUT2D eigenvalue weighted by molar-refractivity contribution is -0.126. The van der Waals surface area contributed by atoms with Gasteiger partial charge in [-0.05, 0) is 48.7 Å². The molecule has 0 spiro atoms. The minimum absolute atomic E-state index is 0.0276. The second kappa shape index (κ2) is 7.14. The second-order valence-electron chi connectivity index (χ2n) is 6.33. The number of aromatic amines is 1. The van der Waals surface area contributed by atoms with Crippen LogP contribution in [0, 0.1) is 0 Å². The van der Waals surface area contributed by atoms with Gasteiger partial charge in [0.25, 0.3) is 0 Å². The molecule has 4 rings (SSSR count). The van der Waals surface area contributed by atoms with Crippen LogP contribution in [0.4, 0.5) is 0 Å². The number of nitrogens with one attached hydrogen (secondary N) is 1. The van der Waals surface area contributed by atoms with Crippen molar-refractivity contribution in [1.82, 2.24) is 14.9 Å². The van der Waals surface area contributed by atoms with Gasteiger partial charge in [0, 0.05) is 22.7 Å². The first-order valence-electron chi connectivity index (χ1n) is 8.50. The predicted octanol–water partition coefficient (Wildman–Crippen LogP) is 5.25. The van der Waals surface area contributed by atoms with Crippen molar-refractivity contribution >= 4 is 46.2 Å². The maximum Gasteiger partial charge on any atom is 0.247 e. The molecule has 6 heteroatoms. The molecule has 132 valence electrons. The number of para-hydroxylation sites is 2. The topological polar surface area (TPSA) is 49.0 Å². The average Bonchev–Trinajstić information content (AvgIpc) is 3.27. The van der Waals surface area contributed by atoms with Crippen LogP contribution < -0.4 is 0 Å². The van der Waals surface area contributed by atoms with Gasteiger partial charge in [-0.2, -0.15) is 0 Å². The van der Waals surface area contributed by atoms with Crippen LogP contribution >= 0.6 is 23.2 Å². The van der Waals surface area contributed by atoms with Crippen molar-refractivity contribution in [3.63, 3.8) is 0 Å². The number of aromatic nitrogens is 2. The normalized spacial score (nSPS) is 17.5. The van der Waals surface area contributed by atoms with Crippen LogP contribution in [0.3, 0.4) is 0 Å². The van der Waals surface area contributed by atoms with Gasteiger partial charge in [0.2, 0.25) is 5.91 Å². The van der Waals surface area contributed by atoms with Crippen molar-refractivity contribution in [1.29, 1.82) is 0 Å². The average molecular weight is 386 g/mol. The Morgan fingerprint density at radius 2 is 2.08 bits per heavy atom. The molecular weight excluding hydrogens is 369 g/mol. The molecule has 1 N–H and O–H groups in total. The molecule has 2 aromatic carbocycles. The van der Waals surface area contributed by atoms with E-state index >= 15 is 0 Å². The van der Waals surface area contributed by atoms with Crippen molar-refractivity contribution in [3.05, 3.63) is 70.0 Å². The number of amides is 1. The number of hydrogen-bond donors (Lipinski definition) is 1. The molecule has 0 saturated carbocycles. The lowest BCUT2D eigenvalue weighted by Crippen LogP contribution is -2.29. The fourth-order valence-corrected chi connectivity index (χ4v) is 3.81. The van der Waals surface area contributed by atoms with Gasteiger partial charge in [-0.15, -0.1) is 0 Å². The highest BCUT2D eigenvalue weighted by Crippen LogP contribution is 2.32. The summed E-state index contributed by atoms with van der Waals surface area (Å²) in [6.07, 6.45) is 5.16. The summed E-state index contributed by atoms with van der Waals surface area (Å²) in [6.45, 7) is 0.721. The van der Waals surface area contributed by atoms with Crippen LogP contribution in [0.25, 0.3) is 17.1 Å². The summed E-state index contributed by atoms with van der Waals surface area (Å²) >= 11 is 12.1. The van der Waals surface area contributed by atoms with Gasteiger partial charge in [0.15, 0.2) is 0 Å². The predicted molar refractivity (Wildman–Crippen MR) is 105 cm³/mol. The van der Waals surface area contributed by atoms with Crippen LogP contribution in [0.1, 0.15) is 30.3 Å². The highest BCUT2D eigenvalue weighted by atomic mass is 35.5. The molecular formula is C20H17Cl2N3O. The maximum atomic E-state index is 12.7. The SMILES string of the molecule is O=C(/C=C/c1ccc(Cl)cc1Cl)N1CCCC1c1nc2ccccc2[nH]1. The molecule has 1 aromatic heterocycles. The molecule has 1 fully saturated rings. The maximum absolute atomic E-state index is 12.7. The molecule has 1 amide bonds. The van der Waals surface area contributed by atoms with Crippen LogP contribution in [0.15, 0.2) is 48.5 Å². The molecule has 1 atom stereocenters. The number of rotatable bonds is 3. The van der Waals surface area contributed by atoms with E-state index in [2.05, 4.69) is 9.97 Å². The van der Waals surface area contributed by atoms with Crippen molar-refractivity contribution in [2.45, 2.75) is 18.9 Å². The molecule has 3 aromatic rings. The number of nitrogens with zero attached hydrogens (tertiary/aromatic N) is 2. The number of benzene rings is 2. The van der Waals surface area contributed by atoms with Gasteiger partial charge in [-0.1, -0.05) is 41.4 Å². The lowest BCUT2D eigenvalue weighted by Gasteiger charge is -2.21. The monoisotopic (exact) mass is 385 g/mol. The van der Waals surface area contributed by atoms with Crippen molar-refractivity contribution in [2.75, 3.05) is 6.54 Å². The summed E-state index contributed by atoms with van der Waals surface area (Å²) in [6, 6.07) is 13.1. The Morgan fingerprint density at radius 3 is 2.88 bits per heavy atom. The minimum atomic E-state index is -0.0426. The third-order valence-electron chi connectivity index (χ3n) is 4.63. The van der Waals surface area contributed by atoms with Crippen LogP contribution in [0.5, 0.6) is 0 Å². The molecule has 2 heterocycles. The Morgan fingerprint density at radius 1 is 1.23 bits per heavy atom. The van der Waals surface area contributed by atoms with Gasteiger partial charge in [-0.25, -0.2) is 4.98 Å². The third-order valence-corrected chi connectivity index (χ3v) is 5.19. The number of H-pyrrole nitrogens is 1. The zero-order valence-corrected chi connectivity index (χ0v) is 15.5. The molecule has 4 nitrogen and oxygen atoms in total. The summed E-state index contributed by atoms with van der Waals surface area (Å²) in [5.74, 6) is 0.800. The molecule has 26 heavy (non-hydrogen) atoms. The number of halogens is 2. The minimum Gasteiger partial charge on any atom is -0.340 e. The van der Waals surface area contributed by atoms with Crippen LogP contribution in [-0.2, 0) is 4.79 Å². The number of likely N-dealkylation sites (tertiary alicyclic amines) is 1. The fraction of sp³-hybridized carbons (Fsp3) is 0.200. The van der Waals surface area contributed by atoms with Gasteiger partial charge in [-0.3, -0.25) is 4.79 Å². The zero-order valence-electron chi connectivity index (χ0n) is 14.0. The van der Waals surface area contributed by atoms with Crippen molar-refractivity contribution in [2.24, 2.45) is 0 Å². The Balaban J connectivity index is 1.55. The van der Waals surface area contributed by atoms with Crippen molar-refractivity contribution < 1.29 is 4.79 Å². The molecule has 0 aliphatic carbocycles. The Labute approximate surface area is 161 Å². The summed E-state index contributed by atoms with van der Waals surface area (Å²) in [4.78, 5) is 22.6. The van der Waals surface area contributed by atoms with Crippen molar-refractivity contribution in [3.8, 4) is 0 Å². The zero-order chi connectivity index (χ0) is 18.1. The quantitative estimate of drug-likeness (QED) is 0.626. The first-order chi connectivity index (χ1) is 12.6. The number of carbonyl (C=O) groups is 1. The van der Waals surface area contributed by atoms with Crippen LogP contribution in [0.2, 0.25) is 10.0 Å². The van der Waals surface area contributed by atoms with E-state index in [0.29, 0.717) is 10.0 Å². The summed E-state index contributed by atoms with van der Waals surface area (Å²) < 4.78 is 0. The Kier molecular flexibility index (Phi) is 4.70. The first-order valence-corrected chi connectivity index (χ1v) is 9.26. The van der Waals surface area contributed by atoms with E-state index in [1.807, 2.05) is 29.2 Å². The van der Waals surface area contributed by atoms with E-state index in [1.54, 1.807) is 30.4 Å². The number of carbonyl (C=O) groups excluding carboxylic acids is 1. The van der Waals surface area contributed by atoms with Gasteiger partial charge in [0.05, 0.1) is 17.1 Å². The van der Waals surface area contributed by atoms with E-state index in [0.717, 1.165) is 41.8 Å². The third kappa shape index (κ3) is 3.35. The molecule has 1 saturated heterocycles. The molecule has 1 unspecified atom stereocenters. The smallest absolute Gasteiger partial charge is 0.247 e.